The molecule has 0 heterocycles. The van der Waals surface area contributed by atoms with Crippen molar-refractivity contribution in [3.05, 3.63) is 23.2 Å². The van der Waals surface area contributed by atoms with Crippen molar-refractivity contribution in [1.29, 1.82) is 0 Å². The van der Waals surface area contributed by atoms with E-state index in [-0.39, 0.29) is 18.2 Å². The third kappa shape index (κ3) is 3.19. The van der Waals surface area contributed by atoms with E-state index in [9.17, 15) is 0 Å². The molecule has 1 aliphatic rings. The van der Waals surface area contributed by atoms with Crippen molar-refractivity contribution in [2.24, 2.45) is 0 Å². The maximum Gasteiger partial charge on any atom is 0.103 e. The van der Waals surface area contributed by atoms with Gasteiger partial charge in [-0.15, -0.1) is 0 Å². The van der Waals surface area contributed by atoms with Crippen LogP contribution < -0.4 is 10.2 Å². The summed E-state index contributed by atoms with van der Waals surface area (Å²) in [7, 11) is 5.69. The Morgan fingerprint density at radius 3 is 2.70 bits per heavy atom. The van der Waals surface area contributed by atoms with Crippen LogP contribution in [0.4, 0.5) is 11.4 Å². The summed E-state index contributed by atoms with van der Waals surface area (Å²) in [4.78, 5) is 2.00. The highest BCUT2D eigenvalue weighted by atomic mass is 35.5. The molecule has 2 rings (SSSR count). The van der Waals surface area contributed by atoms with Crippen molar-refractivity contribution in [2.75, 3.05) is 38.0 Å². The van der Waals surface area contributed by atoms with E-state index < -0.39 is 0 Å². The van der Waals surface area contributed by atoms with Crippen LogP contribution in [0.1, 0.15) is 13.3 Å². The van der Waals surface area contributed by atoms with Gasteiger partial charge < -0.3 is 19.7 Å². The van der Waals surface area contributed by atoms with Crippen LogP contribution in [0.25, 0.3) is 0 Å². The molecular formula is C15H23ClN2O2. The zero-order valence-electron chi connectivity index (χ0n) is 12.5. The van der Waals surface area contributed by atoms with Gasteiger partial charge in [0.15, 0.2) is 0 Å². The van der Waals surface area contributed by atoms with E-state index in [4.69, 9.17) is 21.1 Å². The van der Waals surface area contributed by atoms with Crippen molar-refractivity contribution >= 4 is 23.0 Å². The third-order valence-corrected chi connectivity index (χ3v) is 3.99. The topological polar surface area (TPSA) is 33.7 Å². The zero-order valence-corrected chi connectivity index (χ0v) is 13.3. The van der Waals surface area contributed by atoms with Gasteiger partial charge in [0.25, 0.3) is 0 Å². The minimum absolute atomic E-state index is 0.0993. The Kier molecular flexibility index (Phi) is 5.13. The van der Waals surface area contributed by atoms with Gasteiger partial charge in [0.05, 0.1) is 22.9 Å². The van der Waals surface area contributed by atoms with Crippen LogP contribution in [0.5, 0.6) is 0 Å². The SMILES string of the molecule is CCOC1CC(Nc2ccc(N(C)C)c(Cl)c2)C1OC. The maximum atomic E-state index is 6.28. The first-order chi connectivity index (χ1) is 9.56. The monoisotopic (exact) mass is 298 g/mol. The van der Waals surface area contributed by atoms with Gasteiger partial charge in [0.2, 0.25) is 0 Å². The molecule has 0 radical (unpaired) electrons. The molecule has 1 aromatic rings. The Morgan fingerprint density at radius 2 is 2.15 bits per heavy atom. The first-order valence-electron chi connectivity index (χ1n) is 6.94. The number of benzene rings is 1. The second-order valence-electron chi connectivity index (χ2n) is 5.24. The van der Waals surface area contributed by atoms with Crippen LogP contribution >= 0.6 is 11.6 Å². The second-order valence-corrected chi connectivity index (χ2v) is 5.65. The number of rotatable bonds is 6. The highest BCUT2D eigenvalue weighted by Gasteiger charge is 2.42. The average molecular weight is 299 g/mol. The molecule has 1 saturated carbocycles. The molecule has 0 amide bonds. The minimum Gasteiger partial charge on any atom is -0.379 e. The summed E-state index contributed by atoms with van der Waals surface area (Å²) < 4.78 is 11.1. The number of nitrogens with zero attached hydrogens (tertiary/aromatic N) is 1. The van der Waals surface area contributed by atoms with Crippen LogP contribution in [0.3, 0.4) is 0 Å². The van der Waals surface area contributed by atoms with Crippen LogP contribution in [0.15, 0.2) is 18.2 Å². The number of ether oxygens (including phenoxy) is 2. The van der Waals surface area contributed by atoms with Gasteiger partial charge in [0, 0.05) is 33.5 Å². The Balaban J connectivity index is 1.99. The highest BCUT2D eigenvalue weighted by Crippen LogP contribution is 2.32. The molecule has 112 valence electrons. The summed E-state index contributed by atoms with van der Waals surface area (Å²) >= 11 is 6.28. The van der Waals surface area contributed by atoms with Crippen LogP contribution in [0.2, 0.25) is 5.02 Å². The molecule has 1 aliphatic carbocycles. The summed E-state index contributed by atoms with van der Waals surface area (Å²) in [5.74, 6) is 0. The lowest BCUT2D eigenvalue weighted by Gasteiger charge is -2.43. The van der Waals surface area contributed by atoms with Crippen LogP contribution in [-0.2, 0) is 9.47 Å². The van der Waals surface area contributed by atoms with Crippen LogP contribution in [0, 0.1) is 0 Å². The predicted octanol–water partition coefficient (Wildman–Crippen LogP) is 3.01. The average Bonchev–Trinajstić information content (AvgIpc) is 2.37. The number of hydrogen-bond donors (Lipinski definition) is 1. The molecule has 5 heteroatoms. The van der Waals surface area contributed by atoms with Crippen LogP contribution in [-0.4, -0.2) is 46.1 Å². The molecule has 1 N–H and O–H groups in total. The molecule has 0 bridgehead atoms. The molecular weight excluding hydrogens is 276 g/mol. The number of halogens is 1. The number of hydrogen-bond acceptors (Lipinski definition) is 4. The van der Waals surface area contributed by atoms with E-state index in [0.717, 1.165) is 29.4 Å². The van der Waals surface area contributed by atoms with Gasteiger partial charge in [-0.25, -0.2) is 0 Å². The molecule has 3 atom stereocenters. The van der Waals surface area contributed by atoms with Gasteiger partial charge >= 0.3 is 0 Å². The van der Waals surface area contributed by atoms with Gasteiger partial charge in [-0.3, -0.25) is 0 Å². The van der Waals surface area contributed by atoms with Gasteiger partial charge in [-0.05, 0) is 31.5 Å². The van der Waals surface area contributed by atoms with Crippen molar-refractivity contribution in [3.63, 3.8) is 0 Å². The summed E-state index contributed by atoms with van der Waals surface area (Å²) in [5, 5.41) is 4.21. The Labute approximate surface area is 126 Å². The zero-order chi connectivity index (χ0) is 14.7. The van der Waals surface area contributed by atoms with E-state index in [1.807, 2.05) is 44.1 Å². The quantitative estimate of drug-likeness (QED) is 0.875. The van der Waals surface area contributed by atoms with E-state index in [2.05, 4.69) is 5.32 Å². The van der Waals surface area contributed by atoms with Crippen molar-refractivity contribution < 1.29 is 9.47 Å². The molecule has 0 aromatic heterocycles. The summed E-state index contributed by atoms with van der Waals surface area (Å²) in [6.07, 6.45) is 1.25. The maximum absolute atomic E-state index is 6.28. The molecule has 20 heavy (non-hydrogen) atoms. The lowest BCUT2D eigenvalue weighted by molar-refractivity contribution is -0.118. The second kappa shape index (κ2) is 6.66. The minimum atomic E-state index is 0.0993. The summed E-state index contributed by atoms with van der Waals surface area (Å²) in [5.41, 5.74) is 2.03. The predicted molar refractivity (Wildman–Crippen MR) is 84.0 cm³/mol. The Morgan fingerprint density at radius 1 is 1.40 bits per heavy atom. The van der Waals surface area contributed by atoms with Gasteiger partial charge in [-0.2, -0.15) is 0 Å². The van der Waals surface area contributed by atoms with Crippen molar-refractivity contribution in [3.8, 4) is 0 Å². The molecule has 1 aromatic carbocycles. The fourth-order valence-electron chi connectivity index (χ4n) is 2.59. The molecule has 0 saturated heterocycles. The van der Waals surface area contributed by atoms with E-state index in [0.29, 0.717) is 0 Å². The first kappa shape index (κ1) is 15.4. The fraction of sp³-hybridized carbons (Fsp3) is 0.600. The third-order valence-electron chi connectivity index (χ3n) is 3.68. The smallest absolute Gasteiger partial charge is 0.103 e. The fourth-order valence-corrected chi connectivity index (χ4v) is 2.94. The van der Waals surface area contributed by atoms with E-state index in [1.54, 1.807) is 7.11 Å². The highest BCUT2D eigenvalue weighted by molar-refractivity contribution is 6.33. The van der Waals surface area contributed by atoms with E-state index in [1.165, 1.54) is 0 Å². The van der Waals surface area contributed by atoms with Gasteiger partial charge in [0.1, 0.15) is 6.10 Å². The lowest BCUT2D eigenvalue weighted by Crippen LogP contribution is -2.56. The first-order valence-corrected chi connectivity index (χ1v) is 7.32. The standard InChI is InChI=1S/C15H23ClN2O2/c1-5-20-14-9-12(15(14)19-4)17-10-6-7-13(18(2)3)11(16)8-10/h6-8,12,14-15,17H,5,9H2,1-4H3. The van der Waals surface area contributed by atoms with E-state index >= 15 is 0 Å². The molecule has 3 unspecified atom stereocenters. The van der Waals surface area contributed by atoms with Crippen molar-refractivity contribution in [2.45, 2.75) is 31.6 Å². The number of anilines is 2. The molecule has 1 fully saturated rings. The lowest BCUT2D eigenvalue weighted by atomic mass is 9.85. The van der Waals surface area contributed by atoms with Gasteiger partial charge in [-0.1, -0.05) is 11.6 Å². The normalized spacial score (nSPS) is 25.1. The number of methoxy groups -OCH3 is 1. The Bertz CT molecular complexity index is 453. The Hall–Kier alpha value is -0.970. The largest absolute Gasteiger partial charge is 0.379 e. The number of nitrogens with one attached hydrogen (secondary N) is 1. The van der Waals surface area contributed by atoms with Crippen molar-refractivity contribution in [1.82, 2.24) is 0 Å². The summed E-state index contributed by atoms with van der Waals surface area (Å²) in [6, 6.07) is 6.29. The summed E-state index contributed by atoms with van der Waals surface area (Å²) in [6.45, 7) is 2.73. The molecule has 4 nitrogen and oxygen atoms in total. The molecule has 0 spiro atoms. The molecule has 0 aliphatic heterocycles.